The second kappa shape index (κ2) is 5.06. The van der Waals surface area contributed by atoms with Crippen LogP contribution >= 0.6 is 11.6 Å². The van der Waals surface area contributed by atoms with Gasteiger partial charge in [-0.1, -0.05) is 6.42 Å². The molecule has 1 aliphatic carbocycles. The molecule has 0 amide bonds. The van der Waals surface area contributed by atoms with Gasteiger partial charge in [-0.25, -0.2) is 9.97 Å². The molecule has 18 heavy (non-hydrogen) atoms. The Morgan fingerprint density at radius 2 is 2.11 bits per heavy atom. The van der Waals surface area contributed by atoms with Crippen LogP contribution in [0.25, 0.3) is 11.2 Å². The van der Waals surface area contributed by atoms with Crippen LogP contribution < -0.4 is 5.32 Å². The zero-order chi connectivity index (χ0) is 12.4. The molecule has 0 aromatic carbocycles. The van der Waals surface area contributed by atoms with Crippen LogP contribution in [0.3, 0.4) is 0 Å². The Labute approximate surface area is 111 Å². The molecular weight excluding hydrogens is 248 g/mol. The molecule has 0 saturated heterocycles. The summed E-state index contributed by atoms with van der Waals surface area (Å²) in [6.07, 6.45) is 6.90. The summed E-state index contributed by atoms with van der Waals surface area (Å²) < 4.78 is 0. The molecule has 2 aromatic rings. The van der Waals surface area contributed by atoms with E-state index in [-0.39, 0.29) is 0 Å². The molecule has 2 aromatic heterocycles. The minimum Gasteiger partial charge on any atom is -0.370 e. The van der Waals surface area contributed by atoms with Crippen molar-refractivity contribution >= 4 is 28.6 Å². The van der Waals surface area contributed by atoms with Crippen molar-refractivity contribution in [3.63, 3.8) is 0 Å². The van der Waals surface area contributed by atoms with Crippen LogP contribution in [0.4, 0.5) is 5.82 Å². The molecule has 1 aliphatic rings. The van der Waals surface area contributed by atoms with Crippen molar-refractivity contribution in [2.75, 3.05) is 11.9 Å². The summed E-state index contributed by atoms with van der Waals surface area (Å²) in [6.45, 7) is 0.882. The number of anilines is 1. The van der Waals surface area contributed by atoms with Gasteiger partial charge in [0.05, 0.1) is 0 Å². The number of halogens is 1. The average Bonchev–Trinajstić information content (AvgIpc) is 2.82. The van der Waals surface area contributed by atoms with Gasteiger partial charge in [-0.05, 0) is 30.9 Å². The third kappa shape index (κ3) is 2.38. The second-order valence-electron chi connectivity index (χ2n) is 4.68. The molecular formula is C13H15ClN4. The van der Waals surface area contributed by atoms with Gasteiger partial charge in [-0.15, -0.1) is 11.6 Å². The minimum absolute atomic E-state index is 0.303. The largest absolute Gasteiger partial charge is 0.370 e. The monoisotopic (exact) mass is 262 g/mol. The standard InChI is InChI=1S/C13H15ClN4/c14-10-3-1-2-9(10)8-17-12-5-4-11-13(18-12)16-7-6-15-11/h4-7,9-10H,1-3,8H2,(H,16,17,18). The zero-order valence-corrected chi connectivity index (χ0v) is 10.8. The number of nitrogens with zero attached hydrogens (tertiary/aromatic N) is 3. The Hall–Kier alpha value is -1.42. The van der Waals surface area contributed by atoms with E-state index in [2.05, 4.69) is 20.3 Å². The van der Waals surface area contributed by atoms with E-state index in [0.29, 0.717) is 16.9 Å². The number of nitrogens with one attached hydrogen (secondary N) is 1. The lowest BCUT2D eigenvalue weighted by Gasteiger charge is -2.14. The average molecular weight is 263 g/mol. The second-order valence-corrected chi connectivity index (χ2v) is 5.24. The molecule has 0 spiro atoms. The first-order valence-electron chi connectivity index (χ1n) is 6.28. The Balaban J connectivity index is 1.71. The van der Waals surface area contributed by atoms with Gasteiger partial charge >= 0.3 is 0 Å². The fourth-order valence-corrected chi connectivity index (χ4v) is 2.78. The van der Waals surface area contributed by atoms with E-state index in [1.54, 1.807) is 12.4 Å². The van der Waals surface area contributed by atoms with Gasteiger partial charge in [0.25, 0.3) is 0 Å². The molecule has 4 nitrogen and oxygen atoms in total. The van der Waals surface area contributed by atoms with E-state index in [1.165, 1.54) is 12.8 Å². The number of hydrogen-bond acceptors (Lipinski definition) is 4. The Morgan fingerprint density at radius 1 is 1.22 bits per heavy atom. The molecule has 0 aliphatic heterocycles. The number of aromatic nitrogens is 3. The predicted molar refractivity (Wildman–Crippen MR) is 72.8 cm³/mol. The maximum Gasteiger partial charge on any atom is 0.180 e. The van der Waals surface area contributed by atoms with Gasteiger partial charge in [0, 0.05) is 24.3 Å². The van der Waals surface area contributed by atoms with E-state index in [9.17, 15) is 0 Å². The van der Waals surface area contributed by atoms with Gasteiger partial charge < -0.3 is 5.32 Å². The van der Waals surface area contributed by atoms with E-state index in [4.69, 9.17) is 11.6 Å². The fraction of sp³-hybridized carbons (Fsp3) is 0.462. The van der Waals surface area contributed by atoms with Gasteiger partial charge in [0.1, 0.15) is 11.3 Å². The summed E-state index contributed by atoms with van der Waals surface area (Å²) in [4.78, 5) is 12.8. The van der Waals surface area contributed by atoms with E-state index in [1.807, 2.05) is 12.1 Å². The number of pyridine rings is 1. The maximum atomic E-state index is 6.26. The summed E-state index contributed by atoms with van der Waals surface area (Å²) in [5.74, 6) is 1.39. The van der Waals surface area contributed by atoms with E-state index < -0.39 is 0 Å². The van der Waals surface area contributed by atoms with Crippen LogP contribution in [-0.2, 0) is 0 Å². The van der Waals surface area contributed by atoms with Crippen molar-refractivity contribution in [3.05, 3.63) is 24.5 Å². The van der Waals surface area contributed by atoms with Crippen LogP contribution in [0.1, 0.15) is 19.3 Å². The molecule has 0 radical (unpaired) electrons. The highest BCUT2D eigenvalue weighted by Crippen LogP contribution is 2.30. The highest BCUT2D eigenvalue weighted by Gasteiger charge is 2.24. The lowest BCUT2D eigenvalue weighted by Crippen LogP contribution is -2.18. The third-order valence-corrected chi connectivity index (χ3v) is 4.02. The highest BCUT2D eigenvalue weighted by atomic mass is 35.5. The minimum atomic E-state index is 0.303. The number of fused-ring (bicyclic) bond motifs is 1. The quantitative estimate of drug-likeness (QED) is 0.865. The van der Waals surface area contributed by atoms with Crippen molar-refractivity contribution in [2.45, 2.75) is 24.6 Å². The Kier molecular flexibility index (Phi) is 3.28. The zero-order valence-electron chi connectivity index (χ0n) is 10.0. The summed E-state index contributed by atoms with van der Waals surface area (Å²) in [5, 5.41) is 3.65. The molecule has 2 unspecified atom stereocenters. The summed E-state index contributed by atoms with van der Waals surface area (Å²) in [7, 11) is 0. The molecule has 2 atom stereocenters. The molecule has 1 saturated carbocycles. The van der Waals surface area contributed by atoms with Crippen molar-refractivity contribution in [1.29, 1.82) is 0 Å². The smallest absolute Gasteiger partial charge is 0.180 e. The lowest BCUT2D eigenvalue weighted by molar-refractivity contribution is 0.585. The first kappa shape index (κ1) is 11.7. The first-order chi connectivity index (χ1) is 8.83. The van der Waals surface area contributed by atoms with Crippen LogP contribution in [0, 0.1) is 5.92 Å². The van der Waals surface area contributed by atoms with Crippen molar-refractivity contribution in [1.82, 2.24) is 15.0 Å². The molecule has 0 bridgehead atoms. The van der Waals surface area contributed by atoms with E-state index in [0.717, 1.165) is 24.3 Å². The molecule has 94 valence electrons. The van der Waals surface area contributed by atoms with Gasteiger partial charge in [0.2, 0.25) is 0 Å². The maximum absolute atomic E-state index is 6.26. The molecule has 1 fully saturated rings. The SMILES string of the molecule is ClC1CCCC1CNc1ccc2nccnc2n1. The van der Waals surface area contributed by atoms with E-state index >= 15 is 0 Å². The Morgan fingerprint density at radius 3 is 2.94 bits per heavy atom. The number of rotatable bonds is 3. The van der Waals surface area contributed by atoms with Crippen LogP contribution in [-0.4, -0.2) is 26.9 Å². The lowest BCUT2D eigenvalue weighted by atomic mass is 10.1. The van der Waals surface area contributed by atoms with Crippen LogP contribution in [0.5, 0.6) is 0 Å². The highest BCUT2D eigenvalue weighted by molar-refractivity contribution is 6.21. The molecule has 3 rings (SSSR count). The normalized spacial score (nSPS) is 23.4. The van der Waals surface area contributed by atoms with Crippen molar-refractivity contribution in [3.8, 4) is 0 Å². The van der Waals surface area contributed by atoms with Crippen molar-refractivity contribution in [2.24, 2.45) is 5.92 Å². The number of hydrogen-bond donors (Lipinski definition) is 1. The molecule has 5 heteroatoms. The Bertz CT molecular complexity index is 545. The van der Waals surface area contributed by atoms with Crippen LogP contribution in [0.15, 0.2) is 24.5 Å². The summed E-state index contributed by atoms with van der Waals surface area (Å²) >= 11 is 6.26. The topological polar surface area (TPSA) is 50.7 Å². The van der Waals surface area contributed by atoms with Gasteiger partial charge in [-0.3, -0.25) is 4.98 Å². The molecule has 1 N–H and O–H groups in total. The fourth-order valence-electron chi connectivity index (χ4n) is 2.41. The molecule has 2 heterocycles. The number of alkyl halides is 1. The van der Waals surface area contributed by atoms with Gasteiger partial charge in [-0.2, -0.15) is 0 Å². The predicted octanol–water partition coefficient (Wildman–Crippen LogP) is 2.84. The van der Waals surface area contributed by atoms with Crippen molar-refractivity contribution < 1.29 is 0 Å². The first-order valence-corrected chi connectivity index (χ1v) is 6.72. The summed E-state index contributed by atoms with van der Waals surface area (Å²) in [5.41, 5.74) is 1.50. The van der Waals surface area contributed by atoms with Crippen LogP contribution in [0.2, 0.25) is 0 Å². The summed E-state index contributed by atoms with van der Waals surface area (Å²) in [6, 6.07) is 3.87. The third-order valence-electron chi connectivity index (χ3n) is 3.44. The van der Waals surface area contributed by atoms with Gasteiger partial charge in [0.15, 0.2) is 5.65 Å².